The average Bonchev–Trinajstić information content (AvgIpc) is 2.94. The molecule has 1 atom stereocenters. The summed E-state index contributed by atoms with van der Waals surface area (Å²) < 4.78 is 10.6. The van der Waals surface area contributed by atoms with Gasteiger partial charge in [0.05, 0.1) is 13.2 Å². The molecule has 1 fully saturated rings. The predicted octanol–water partition coefficient (Wildman–Crippen LogP) is 1.12. The molecular weight excluding hydrogens is 274 g/mol. The standard InChI is InChI=1S/C14H19N3O4/c1-20-11-5-3-4-10(8-11)12(21-2)9-16-14(19)17-7-6-15-13(17)18/h3-5,8,12H,6-7,9H2,1-2H3,(H,15,18)(H,16,19)/t12-/m0/s1. The third-order valence-electron chi connectivity index (χ3n) is 3.29. The van der Waals surface area contributed by atoms with E-state index >= 15 is 0 Å². The molecule has 0 unspecified atom stereocenters. The lowest BCUT2D eigenvalue weighted by molar-refractivity contribution is 0.102. The van der Waals surface area contributed by atoms with Crippen LogP contribution in [0.15, 0.2) is 24.3 Å². The number of methoxy groups -OCH3 is 2. The van der Waals surface area contributed by atoms with Gasteiger partial charge in [-0.15, -0.1) is 0 Å². The van der Waals surface area contributed by atoms with E-state index < -0.39 is 6.03 Å². The maximum Gasteiger partial charge on any atom is 0.325 e. The lowest BCUT2D eigenvalue weighted by Crippen LogP contribution is -2.43. The van der Waals surface area contributed by atoms with E-state index in [-0.39, 0.29) is 18.7 Å². The van der Waals surface area contributed by atoms with Crippen molar-refractivity contribution >= 4 is 12.1 Å². The van der Waals surface area contributed by atoms with E-state index in [1.807, 2.05) is 24.3 Å². The van der Waals surface area contributed by atoms with Crippen LogP contribution in [0.3, 0.4) is 0 Å². The fourth-order valence-corrected chi connectivity index (χ4v) is 2.12. The Balaban J connectivity index is 1.95. The Labute approximate surface area is 123 Å². The number of nitrogens with zero attached hydrogens (tertiary/aromatic N) is 1. The van der Waals surface area contributed by atoms with Crippen LogP contribution in [0.4, 0.5) is 9.59 Å². The van der Waals surface area contributed by atoms with Crippen molar-refractivity contribution in [1.29, 1.82) is 0 Å². The largest absolute Gasteiger partial charge is 0.497 e. The molecule has 1 aliphatic rings. The summed E-state index contributed by atoms with van der Waals surface area (Å²) in [6.45, 7) is 1.13. The fourth-order valence-electron chi connectivity index (χ4n) is 2.12. The quantitative estimate of drug-likeness (QED) is 0.852. The minimum atomic E-state index is -0.421. The van der Waals surface area contributed by atoms with Gasteiger partial charge in [-0.05, 0) is 17.7 Å². The van der Waals surface area contributed by atoms with E-state index in [0.29, 0.717) is 13.1 Å². The molecule has 21 heavy (non-hydrogen) atoms. The normalized spacial score (nSPS) is 15.5. The second kappa shape index (κ2) is 6.94. The van der Waals surface area contributed by atoms with Gasteiger partial charge in [0, 0.05) is 26.7 Å². The Morgan fingerprint density at radius 1 is 1.48 bits per heavy atom. The minimum absolute atomic E-state index is 0.270. The van der Waals surface area contributed by atoms with E-state index in [1.165, 1.54) is 0 Å². The predicted molar refractivity (Wildman–Crippen MR) is 76.2 cm³/mol. The van der Waals surface area contributed by atoms with Gasteiger partial charge in [-0.25, -0.2) is 14.5 Å². The van der Waals surface area contributed by atoms with Crippen molar-refractivity contribution in [2.75, 3.05) is 33.9 Å². The van der Waals surface area contributed by atoms with Gasteiger partial charge in [0.25, 0.3) is 0 Å². The monoisotopic (exact) mass is 293 g/mol. The number of carbonyl (C=O) groups excluding carboxylic acids is 2. The van der Waals surface area contributed by atoms with Gasteiger partial charge in [0.1, 0.15) is 5.75 Å². The molecule has 0 saturated carbocycles. The number of carbonyl (C=O) groups is 2. The number of benzene rings is 1. The van der Waals surface area contributed by atoms with Gasteiger partial charge in [-0.2, -0.15) is 0 Å². The summed E-state index contributed by atoms with van der Waals surface area (Å²) in [5.74, 6) is 0.722. The van der Waals surface area contributed by atoms with E-state index in [2.05, 4.69) is 10.6 Å². The second-order valence-corrected chi connectivity index (χ2v) is 4.57. The minimum Gasteiger partial charge on any atom is -0.497 e. The molecule has 1 aliphatic heterocycles. The van der Waals surface area contributed by atoms with Crippen LogP contribution in [0, 0.1) is 0 Å². The van der Waals surface area contributed by atoms with Crippen LogP contribution in [0.25, 0.3) is 0 Å². The highest BCUT2D eigenvalue weighted by molar-refractivity contribution is 5.94. The van der Waals surface area contributed by atoms with Crippen LogP contribution < -0.4 is 15.4 Å². The van der Waals surface area contributed by atoms with Crippen LogP contribution in [0.2, 0.25) is 0 Å². The lowest BCUT2D eigenvalue weighted by atomic mass is 10.1. The first-order valence-electron chi connectivity index (χ1n) is 6.65. The van der Waals surface area contributed by atoms with Crippen molar-refractivity contribution in [3.8, 4) is 5.75 Å². The van der Waals surface area contributed by atoms with Crippen molar-refractivity contribution < 1.29 is 19.1 Å². The highest BCUT2D eigenvalue weighted by Crippen LogP contribution is 2.21. The summed E-state index contributed by atoms with van der Waals surface area (Å²) in [5.41, 5.74) is 0.892. The van der Waals surface area contributed by atoms with Crippen LogP contribution in [0.5, 0.6) is 5.75 Å². The molecule has 0 spiro atoms. The number of nitrogens with one attached hydrogen (secondary N) is 2. The van der Waals surface area contributed by atoms with E-state index in [1.54, 1.807) is 14.2 Å². The summed E-state index contributed by atoms with van der Waals surface area (Å²) in [6, 6.07) is 6.64. The van der Waals surface area contributed by atoms with Crippen LogP contribution >= 0.6 is 0 Å². The Morgan fingerprint density at radius 2 is 2.29 bits per heavy atom. The molecule has 1 heterocycles. The van der Waals surface area contributed by atoms with Crippen molar-refractivity contribution in [3.63, 3.8) is 0 Å². The number of amides is 4. The maximum atomic E-state index is 11.9. The molecule has 0 aromatic heterocycles. The molecule has 1 aromatic carbocycles. The highest BCUT2D eigenvalue weighted by atomic mass is 16.5. The molecule has 0 aliphatic carbocycles. The zero-order valence-electron chi connectivity index (χ0n) is 12.1. The second-order valence-electron chi connectivity index (χ2n) is 4.57. The lowest BCUT2D eigenvalue weighted by Gasteiger charge is -2.19. The van der Waals surface area contributed by atoms with Crippen molar-refractivity contribution in [1.82, 2.24) is 15.5 Å². The van der Waals surface area contributed by atoms with Crippen molar-refractivity contribution in [2.24, 2.45) is 0 Å². The van der Waals surface area contributed by atoms with Gasteiger partial charge in [0.2, 0.25) is 0 Å². The van der Waals surface area contributed by atoms with Gasteiger partial charge >= 0.3 is 12.1 Å². The van der Waals surface area contributed by atoms with Crippen molar-refractivity contribution in [2.45, 2.75) is 6.10 Å². The number of hydrogen-bond acceptors (Lipinski definition) is 4. The number of urea groups is 2. The first-order valence-corrected chi connectivity index (χ1v) is 6.65. The maximum absolute atomic E-state index is 11.9. The van der Waals surface area contributed by atoms with E-state index in [4.69, 9.17) is 9.47 Å². The molecular formula is C14H19N3O4. The van der Waals surface area contributed by atoms with Crippen molar-refractivity contribution in [3.05, 3.63) is 29.8 Å². The number of imide groups is 1. The summed E-state index contributed by atoms with van der Waals surface area (Å²) in [4.78, 5) is 24.4. The molecule has 4 amide bonds. The summed E-state index contributed by atoms with van der Waals surface area (Å²) in [7, 11) is 3.16. The molecule has 114 valence electrons. The molecule has 0 bridgehead atoms. The van der Waals surface area contributed by atoms with Crippen LogP contribution in [0.1, 0.15) is 11.7 Å². The summed E-state index contributed by atoms with van der Waals surface area (Å²) >= 11 is 0. The molecule has 7 nitrogen and oxygen atoms in total. The van der Waals surface area contributed by atoms with E-state index in [0.717, 1.165) is 16.2 Å². The Hall–Kier alpha value is -2.28. The molecule has 0 radical (unpaired) electrons. The number of hydrogen-bond donors (Lipinski definition) is 2. The zero-order chi connectivity index (χ0) is 15.2. The average molecular weight is 293 g/mol. The summed E-state index contributed by atoms with van der Waals surface area (Å²) in [5, 5.41) is 5.28. The van der Waals surface area contributed by atoms with E-state index in [9.17, 15) is 9.59 Å². The fraction of sp³-hybridized carbons (Fsp3) is 0.429. The smallest absolute Gasteiger partial charge is 0.325 e. The number of rotatable bonds is 5. The van der Waals surface area contributed by atoms with Gasteiger partial charge in [-0.1, -0.05) is 12.1 Å². The molecule has 2 rings (SSSR count). The molecule has 2 N–H and O–H groups in total. The molecule has 1 saturated heterocycles. The Morgan fingerprint density at radius 3 is 2.90 bits per heavy atom. The third kappa shape index (κ3) is 3.63. The number of ether oxygens (including phenoxy) is 2. The third-order valence-corrected chi connectivity index (χ3v) is 3.29. The molecule has 7 heteroatoms. The Kier molecular flexibility index (Phi) is 4.99. The van der Waals surface area contributed by atoms with Gasteiger partial charge < -0.3 is 20.1 Å². The SMILES string of the molecule is COc1cccc([C@H](CNC(=O)N2CCNC2=O)OC)c1. The Bertz CT molecular complexity index is 521. The van der Waals surface area contributed by atoms with Crippen LogP contribution in [-0.4, -0.2) is 50.8 Å². The van der Waals surface area contributed by atoms with Gasteiger partial charge in [0.15, 0.2) is 0 Å². The molecule has 1 aromatic rings. The van der Waals surface area contributed by atoms with Crippen LogP contribution in [-0.2, 0) is 4.74 Å². The first-order chi connectivity index (χ1) is 10.2. The highest BCUT2D eigenvalue weighted by Gasteiger charge is 2.26. The summed E-state index contributed by atoms with van der Waals surface area (Å²) in [6.07, 6.45) is -0.310. The topological polar surface area (TPSA) is 79.9 Å². The van der Waals surface area contributed by atoms with Gasteiger partial charge in [-0.3, -0.25) is 0 Å². The first kappa shape index (κ1) is 15.1. The zero-order valence-corrected chi connectivity index (χ0v) is 12.1.